The molecule has 0 unspecified atom stereocenters. The van der Waals surface area contributed by atoms with Crippen molar-refractivity contribution in [3.63, 3.8) is 0 Å². The number of para-hydroxylation sites is 2. The lowest BCUT2D eigenvalue weighted by Gasteiger charge is -2.25. The number of hydrogen-bond acceptors (Lipinski definition) is 2. The van der Waals surface area contributed by atoms with Crippen LogP contribution in [0.3, 0.4) is 0 Å². The number of rotatable bonds is 4. The number of benzene rings is 2. The molecule has 126 valence electrons. The molecular formula is C20H23BrN2O. The molecule has 0 aliphatic carbocycles. The lowest BCUT2D eigenvalue weighted by atomic mass is 10.1. The fourth-order valence-electron chi connectivity index (χ4n) is 3.15. The topological polar surface area (TPSA) is 32.3 Å². The van der Waals surface area contributed by atoms with Crippen LogP contribution < -0.4 is 10.2 Å². The van der Waals surface area contributed by atoms with Crippen LogP contribution in [-0.2, 0) is 11.2 Å². The van der Waals surface area contributed by atoms with Gasteiger partial charge in [0.1, 0.15) is 0 Å². The smallest absolute Gasteiger partial charge is 0.228 e. The molecule has 4 heteroatoms. The Bertz CT molecular complexity index is 676. The summed E-state index contributed by atoms with van der Waals surface area (Å²) in [6.45, 7) is 2.14. The summed E-state index contributed by atoms with van der Waals surface area (Å²) in [7, 11) is 0. The first-order chi connectivity index (χ1) is 11.7. The third-order valence-corrected chi connectivity index (χ3v) is 4.93. The van der Waals surface area contributed by atoms with Gasteiger partial charge in [0.05, 0.1) is 17.8 Å². The Morgan fingerprint density at radius 1 is 0.958 bits per heavy atom. The van der Waals surface area contributed by atoms with E-state index in [9.17, 15) is 4.79 Å². The van der Waals surface area contributed by atoms with E-state index >= 15 is 0 Å². The van der Waals surface area contributed by atoms with Crippen LogP contribution in [0.15, 0.2) is 53.0 Å². The van der Waals surface area contributed by atoms with E-state index in [2.05, 4.69) is 32.2 Å². The van der Waals surface area contributed by atoms with Crippen molar-refractivity contribution in [3.05, 3.63) is 58.6 Å². The molecule has 1 heterocycles. The van der Waals surface area contributed by atoms with E-state index in [1.807, 2.05) is 42.5 Å². The Labute approximate surface area is 152 Å². The Kier molecular flexibility index (Phi) is 5.91. The highest BCUT2D eigenvalue weighted by Gasteiger charge is 2.14. The summed E-state index contributed by atoms with van der Waals surface area (Å²) in [6.07, 6.45) is 5.44. The predicted molar refractivity (Wildman–Crippen MR) is 104 cm³/mol. The molecule has 0 bridgehead atoms. The van der Waals surface area contributed by atoms with Gasteiger partial charge in [0.25, 0.3) is 0 Å². The molecular weight excluding hydrogens is 364 g/mol. The lowest BCUT2D eigenvalue weighted by Crippen LogP contribution is -2.26. The van der Waals surface area contributed by atoms with Crippen LogP contribution in [0.2, 0.25) is 0 Å². The van der Waals surface area contributed by atoms with E-state index < -0.39 is 0 Å². The van der Waals surface area contributed by atoms with Gasteiger partial charge in [-0.2, -0.15) is 0 Å². The standard InChI is InChI=1S/C20H23BrN2O/c21-17-11-9-16(10-12-17)15-20(24)22-18-7-3-4-8-19(18)23-13-5-1-2-6-14-23/h3-4,7-12H,1-2,5-6,13-15H2,(H,22,24). The number of carbonyl (C=O) groups excluding carboxylic acids is 1. The van der Waals surface area contributed by atoms with Gasteiger partial charge in [-0.25, -0.2) is 0 Å². The highest BCUT2D eigenvalue weighted by molar-refractivity contribution is 9.10. The largest absolute Gasteiger partial charge is 0.370 e. The van der Waals surface area contributed by atoms with E-state index in [4.69, 9.17) is 0 Å². The van der Waals surface area contributed by atoms with E-state index in [-0.39, 0.29) is 5.91 Å². The SMILES string of the molecule is O=C(Cc1ccc(Br)cc1)Nc1ccccc1N1CCCCCC1. The molecule has 3 rings (SSSR count). The number of hydrogen-bond donors (Lipinski definition) is 1. The fraction of sp³-hybridized carbons (Fsp3) is 0.350. The zero-order valence-corrected chi connectivity index (χ0v) is 15.4. The van der Waals surface area contributed by atoms with Crippen LogP contribution in [-0.4, -0.2) is 19.0 Å². The molecule has 1 aliphatic rings. The number of nitrogens with one attached hydrogen (secondary N) is 1. The molecule has 0 atom stereocenters. The maximum atomic E-state index is 12.4. The Balaban J connectivity index is 1.70. The van der Waals surface area contributed by atoms with Gasteiger partial charge in [-0.15, -0.1) is 0 Å². The molecule has 0 saturated carbocycles. The summed E-state index contributed by atoms with van der Waals surface area (Å²) in [5, 5.41) is 3.10. The average molecular weight is 387 g/mol. The minimum absolute atomic E-state index is 0.0274. The third-order valence-electron chi connectivity index (χ3n) is 4.40. The second-order valence-electron chi connectivity index (χ2n) is 6.27. The van der Waals surface area contributed by atoms with Crippen molar-refractivity contribution >= 4 is 33.2 Å². The Morgan fingerprint density at radius 2 is 1.62 bits per heavy atom. The predicted octanol–water partition coefficient (Wildman–Crippen LogP) is 5.01. The third kappa shape index (κ3) is 4.60. The van der Waals surface area contributed by atoms with Gasteiger partial charge in [-0.05, 0) is 42.7 Å². The second-order valence-corrected chi connectivity index (χ2v) is 7.19. The van der Waals surface area contributed by atoms with Gasteiger partial charge < -0.3 is 10.2 Å². The molecule has 0 spiro atoms. The molecule has 24 heavy (non-hydrogen) atoms. The van der Waals surface area contributed by atoms with Crippen LogP contribution in [0.5, 0.6) is 0 Å². The van der Waals surface area contributed by atoms with Crippen molar-refractivity contribution in [2.24, 2.45) is 0 Å². The molecule has 1 aliphatic heterocycles. The Hall–Kier alpha value is -1.81. The summed E-state index contributed by atoms with van der Waals surface area (Å²) < 4.78 is 1.03. The van der Waals surface area contributed by atoms with Crippen molar-refractivity contribution in [1.29, 1.82) is 0 Å². The molecule has 1 N–H and O–H groups in total. The molecule has 1 fully saturated rings. The van der Waals surface area contributed by atoms with Gasteiger partial charge >= 0.3 is 0 Å². The van der Waals surface area contributed by atoms with Crippen molar-refractivity contribution < 1.29 is 4.79 Å². The number of halogens is 1. The van der Waals surface area contributed by atoms with Crippen LogP contribution in [0.1, 0.15) is 31.2 Å². The number of carbonyl (C=O) groups is 1. The minimum Gasteiger partial charge on any atom is -0.370 e. The second kappa shape index (κ2) is 8.34. The van der Waals surface area contributed by atoms with Gasteiger partial charge in [0.2, 0.25) is 5.91 Å². The summed E-state index contributed by atoms with van der Waals surface area (Å²) in [5.41, 5.74) is 3.08. The summed E-state index contributed by atoms with van der Waals surface area (Å²) in [4.78, 5) is 14.8. The number of nitrogens with zero attached hydrogens (tertiary/aromatic N) is 1. The Morgan fingerprint density at radius 3 is 2.33 bits per heavy atom. The van der Waals surface area contributed by atoms with Crippen molar-refractivity contribution in [3.8, 4) is 0 Å². The molecule has 0 radical (unpaired) electrons. The minimum atomic E-state index is 0.0274. The molecule has 2 aromatic carbocycles. The monoisotopic (exact) mass is 386 g/mol. The fourth-order valence-corrected chi connectivity index (χ4v) is 3.41. The maximum Gasteiger partial charge on any atom is 0.228 e. The van der Waals surface area contributed by atoms with Crippen LogP contribution in [0.4, 0.5) is 11.4 Å². The van der Waals surface area contributed by atoms with Crippen LogP contribution in [0.25, 0.3) is 0 Å². The zero-order valence-electron chi connectivity index (χ0n) is 13.8. The average Bonchev–Trinajstić information content (AvgIpc) is 2.87. The number of anilines is 2. The molecule has 1 saturated heterocycles. The van der Waals surface area contributed by atoms with E-state index in [1.54, 1.807) is 0 Å². The summed E-state index contributed by atoms with van der Waals surface area (Å²) in [5.74, 6) is 0.0274. The molecule has 1 amide bonds. The van der Waals surface area contributed by atoms with Gasteiger partial charge in [-0.1, -0.05) is 53.0 Å². The highest BCUT2D eigenvalue weighted by atomic mass is 79.9. The molecule has 2 aromatic rings. The van der Waals surface area contributed by atoms with E-state index in [1.165, 1.54) is 25.7 Å². The summed E-state index contributed by atoms with van der Waals surface area (Å²) >= 11 is 3.42. The first kappa shape index (κ1) is 17.0. The van der Waals surface area contributed by atoms with Crippen molar-refractivity contribution in [2.45, 2.75) is 32.1 Å². The van der Waals surface area contributed by atoms with Crippen LogP contribution in [0, 0.1) is 0 Å². The van der Waals surface area contributed by atoms with E-state index in [0.29, 0.717) is 6.42 Å². The van der Waals surface area contributed by atoms with Gasteiger partial charge in [-0.3, -0.25) is 4.79 Å². The van der Waals surface area contributed by atoms with Gasteiger partial charge in [0, 0.05) is 17.6 Å². The first-order valence-corrected chi connectivity index (χ1v) is 9.40. The van der Waals surface area contributed by atoms with Gasteiger partial charge in [0.15, 0.2) is 0 Å². The lowest BCUT2D eigenvalue weighted by molar-refractivity contribution is -0.115. The van der Waals surface area contributed by atoms with Crippen LogP contribution >= 0.6 is 15.9 Å². The quantitative estimate of drug-likeness (QED) is 0.800. The number of amides is 1. The summed E-state index contributed by atoms with van der Waals surface area (Å²) in [6, 6.07) is 16.0. The first-order valence-electron chi connectivity index (χ1n) is 8.60. The molecule has 3 nitrogen and oxygen atoms in total. The maximum absolute atomic E-state index is 12.4. The normalized spacial score (nSPS) is 15.0. The van der Waals surface area contributed by atoms with Crippen molar-refractivity contribution in [2.75, 3.05) is 23.3 Å². The zero-order chi connectivity index (χ0) is 16.8. The van der Waals surface area contributed by atoms with Crippen molar-refractivity contribution in [1.82, 2.24) is 0 Å². The van der Waals surface area contributed by atoms with E-state index in [0.717, 1.165) is 34.5 Å². The highest BCUT2D eigenvalue weighted by Crippen LogP contribution is 2.28. The molecule has 0 aromatic heterocycles.